The predicted octanol–water partition coefficient (Wildman–Crippen LogP) is 7.39. The molecule has 0 heterocycles. The first-order valence-corrected chi connectivity index (χ1v) is 18.1. The van der Waals surface area contributed by atoms with Gasteiger partial charge in [-0.05, 0) is 0 Å². The Labute approximate surface area is 184 Å². The molecule has 4 nitrogen and oxygen atoms in total. The van der Waals surface area contributed by atoms with E-state index >= 15 is 0 Å². The molecule has 0 bridgehead atoms. The molecule has 0 saturated heterocycles. The second-order valence-corrected chi connectivity index (χ2v) is 17.0. The van der Waals surface area contributed by atoms with E-state index in [1.165, 1.54) is 63.5 Å². The SMILES string of the molecule is C/C=C/C(=O)[O][Sn]([CH2]CCCCCCC)([CH2]CCCCCCC)[O]C(=O)/C=C/C. The third-order valence-electron chi connectivity index (χ3n) is 5.00. The van der Waals surface area contributed by atoms with Crippen LogP contribution in [0.5, 0.6) is 0 Å². The molecular weight excluding hydrogens is 471 g/mol. The normalized spacial score (nSPS) is 12.0. The molecule has 0 aliphatic rings. The van der Waals surface area contributed by atoms with Gasteiger partial charge in [-0.3, -0.25) is 0 Å². The van der Waals surface area contributed by atoms with Crippen molar-refractivity contribution in [1.82, 2.24) is 0 Å². The molecule has 0 aromatic rings. The van der Waals surface area contributed by atoms with E-state index in [4.69, 9.17) is 6.15 Å². The topological polar surface area (TPSA) is 52.6 Å². The van der Waals surface area contributed by atoms with E-state index in [9.17, 15) is 9.59 Å². The second-order valence-electron chi connectivity index (χ2n) is 7.79. The van der Waals surface area contributed by atoms with Crippen molar-refractivity contribution in [2.45, 2.75) is 114 Å². The average Bonchev–Trinajstić information content (AvgIpc) is 2.67. The molecule has 5 heteroatoms. The van der Waals surface area contributed by atoms with Crippen molar-refractivity contribution in [1.29, 1.82) is 0 Å². The third-order valence-corrected chi connectivity index (χ3v) is 14.6. The van der Waals surface area contributed by atoms with E-state index in [0.29, 0.717) is 0 Å². The molecule has 0 N–H and O–H groups in total. The Morgan fingerprint density at radius 1 is 0.621 bits per heavy atom. The molecule has 0 saturated carbocycles. The van der Waals surface area contributed by atoms with Gasteiger partial charge in [0.1, 0.15) is 0 Å². The molecule has 0 aliphatic carbocycles. The Morgan fingerprint density at radius 3 is 1.31 bits per heavy atom. The summed E-state index contributed by atoms with van der Waals surface area (Å²) in [5, 5.41) is 0. The van der Waals surface area contributed by atoms with Crippen LogP contribution in [0, 0.1) is 0 Å². The van der Waals surface area contributed by atoms with Crippen molar-refractivity contribution in [2.24, 2.45) is 0 Å². The van der Waals surface area contributed by atoms with Crippen molar-refractivity contribution in [3.8, 4) is 0 Å². The summed E-state index contributed by atoms with van der Waals surface area (Å²) in [5.74, 6) is -0.706. The van der Waals surface area contributed by atoms with Gasteiger partial charge in [-0.1, -0.05) is 0 Å². The van der Waals surface area contributed by atoms with Gasteiger partial charge >= 0.3 is 185 Å². The second kappa shape index (κ2) is 19.2. The van der Waals surface area contributed by atoms with Crippen molar-refractivity contribution >= 4 is 31.1 Å². The van der Waals surface area contributed by atoms with Crippen molar-refractivity contribution in [3.05, 3.63) is 24.3 Å². The van der Waals surface area contributed by atoms with Crippen molar-refractivity contribution in [2.75, 3.05) is 0 Å². The summed E-state index contributed by atoms with van der Waals surface area (Å²) < 4.78 is 13.4. The fourth-order valence-electron chi connectivity index (χ4n) is 3.41. The first-order chi connectivity index (χ1) is 14.0. The van der Waals surface area contributed by atoms with Crippen molar-refractivity contribution in [3.63, 3.8) is 0 Å². The van der Waals surface area contributed by atoms with Crippen LogP contribution in [0.25, 0.3) is 0 Å². The quantitative estimate of drug-likeness (QED) is 0.109. The number of rotatable bonds is 18. The zero-order valence-electron chi connectivity index (χ0n) is 19.3. The molecule has 168 valence electrons. The van der Waals surface area contributed by atoms with Gasteiger partial charge in [0.25, 0.3) is 0 Å². The van der Waals surface area contributed by atoms with E-state index < -0.39 is 19.2 Å². The summed E-state index contributed by atoms with van der Waals surface area (Å²) in [7, 11) is 0. The van der Waals surface area contributed by atoms with Gasteiger partial charge in [0.2, 0.25) is 0 Å². The molecule has 0 aliphatic heterocycles. The van der Waals surface area contributed by atoms with Gasteiger partial charge in [0, 0.05) is 0 Å². The minimum absolute atomic E-state index is 0.353. The summed E-state index contributed by atoms with van der Waals surface area (Å²) in [6.07, 6.45) is 20.3. The Morgan fingerprint density at radius 2 is 0.966 bits per heavy atom. The molecule has 29 heavy (non-hydrogen) atoms. The van der Waals surface area contributed by atoms with Crippen LogP contribution in [-0.2, 0) is 15.7 Å². The Kier molecular flexibility index (Phi) is 18.7. The zero-order valence-corrected chi connectivity index (χ0v) is 22.2. The number of carbonyl (C=O) groups excluding carboxylic acids is 2. The van der Waals surface area contributed by atoms with E-state index in [1.807, 2.05) is 0 Å². The van der Waals surface area contributed by atoms with E-state index in [2.05, 4.69) is 13.8 Å². The van der Waals surface area contributed by atoms with Crippen molar-refractivity contribution < 1.29 is 15.7 Å². The number of unbranched alkanes of at least 4 members (excludes halogenated alkanes) is 10. The molecule has 0 fully saturated rings. The van der Waals surface area contributed by atoms with Gasteiger partial charge in [0.05, 0.1) is 0 Å². The van der Waals surface area contributed by atoms with E-state index in [1.54, 1.807) is 26.0 Å². The van der Waals surface area contributed by atoms with Gasteiger partial charge in [-0.25, -0.2) is 0 Å². The van der Waals surface area contributed by atoms with Crippen LogP contribution in [0.1, 0.15) is 105 Å². The van der Waals surface area contributed by atoms with Crippen LogP contribution in [0.2, 0.25) is 8.87 Å². The van der Waals surface area contributed by atoms with Crippen LogP contribution in [0.15, 0.2) is 24.3 Å². The average molecular weight is 515 g/mol. The first-order valence-electron chi connectivity index (χ1n) is 11.7. The molecule has 0 atom stereocenters. The molecule has 0 aromatic heterocycles. The summed E-state index contributed by atoms with van der Waals surface area (Å²) in [6.45, 7) is 8.02. The monoisotopic (exact) mass is 516 g/mol. The first kappa shape index (κ1) is 28.2. The zero-order chi connectivity index (χ0) is 21.8. The minimum atomic E-state index is -3.84. The molecule has 0 spiro atoms. The number of allylic oxidation sites excluding steroid dienone is 2. The Hall–Kier alpha value is -0.781. The fraction of sp³-hybridized carbons (Fsp3) is 0.750. The molecular formula is C24H44O4Sn. The molecule has 0 aromatic carbocycles. The standard InChI is InChI=1S/2C8H17.2C4H6O2.Sn/c2*1-3-5-7-8-6-4-2;2*1-2-3-4(5)6;/h2*1,3-8H2,2H3;2*2-3H,1H3,(H,5,6);/q;;;;+2/p-2/b;;2*3-2+;. The van der Waals surface area contributed by atoms with Gasteiger partial charge < -0.3 is 0 Å². The molecule has 0 radical (unpaired) electrons. The summed E-state index contributed by atoms with van der Waals surface area (Å²) >= 11 is -3.84. The maximum atomic E-state index is 12.3. The van der Waals surface area contributed by atoms with Crippen LogP contribution in [-0.4, -0.2) is 31.1 Å². The van der Waals surface area contributed by atoms with Gasteiger partial charge in [-0.15, -0.1) is 0 Å². The van der Waals surface area contributed by atoms with Crippen LogP contribution >= 0.6 is 0 Å². The van der Waals surface area contributed by atoms with E-state index in [-0.39, 0.29) is 11.9 Å². The fourth-order valence-corrected chi connectivity index (χ4v) is 12.4. The predicted molar refractivity (Wildman–Crippen MR) is 124 cm³/mol. The Bertz CT molecular complexity index is 441. The Balaban J connectivity index is 5.05. The summed E-state index contributed by atoms with van der Waals surface area (Å²) in [6, 6.07) is 0. The van der Waals surface area contributed by atoms with Gasteiger partial charge in [0.15, 0.2) is 0 Å². The molecule has 0 rings (SSSR count). The molecule has 0 unspecified atom stereocenters. The van der Waals surface area contributed by atoms with Gasteiger partial charge in [-0.2, -0.15) is 0 Å². The summed E-state index contributed by atoms with van der Waals surface area (Å²) in [5.41, 5.74) is 0. The van der Waals surface area contributed by atoms with E-state index in [0.717, 1.165) is 34.6 Å². The van der Waals surface area contributed by atoms with Crippen LogP contribution < -0.4 is 0 Å². The molecule has 0 amide bonds. The van der Waals surface area contributed by atoms with Crippen LogP contribution in [0.3, 0.4) is 0 Å². The summed E-state index contributed by atoms with van der Waals surface area (Å²) in [4.78, 5) is 24.6. The number of hydrogen-bond acceptors (Lipinski definition) is 4. The number of hydrogen-bond donors (Lipinski definition) is 0. The third kappa shape index (κ3) is 15.7. The van der Waals surface area contributed by atoms with Crippen LogP contribution in [0.4, 0.5) is 0 Å². The maximum absolute atomic E-state index is 12.3. The number of carbonyl (C=O) groups is 2.